The molecule has 1 atom stereocenters. The van der Waals surface area contributed by atoms with Crippen LogP contribution in [-0.2, 0) is 0 Å². The molecule has 68 valence electrons. The molecule has 0 saturated carbocycles. The Morgan fingerprint density at radius 3 is 2.27 bits per heavy atom. The summed E-state index contributed by atoms with van der Waals surface area (Å²) in [6.45, 7) is 4.64. The second-order valence-corrected chi connectivity index (χ2v) is 4.23. The molecule has 0 rings (SSSR count). The van der Waals surface area contributed by atoms with E-state index >= 15 is 0 Å². The van der Waals surface area contributed by atoms with Crippen molar-refractivity contribution >= 4 is 15.9 Å². The highest BCUT2D eigenvalue weighted by Crippen LogP contribution is 2.14. The summed E-state index contributed by atoms with van der Waals surface area (Å²) in [5.74, 6) is 0.944. The number of unbranched alkanes of at least 4 members (excludes halogenated alkanes) is 2. The van der Waals surface area contributed by atoms with Crippen molar-refractivity contribution in [2.45, 2.75) is 52.4 Å². The lowest BCUT2D eigenvalue weighted by atomic mass is 9.99. The van der Waals surface area contributed by atoms with Crippen LogP contribution in [0, 0.1) is 5.92 Å². The summed E-state index contributed by atoms with van der Waals surface area (Å²) in [6.07, 6.45) is 8.37. The second-order valence-electron chi connectivity index (χ2n) is 3.43. The fraction of sp³-hybridized carbons (Fsp3) is 1.00. The van der Waals surface area contributed by atoms with E-state index in [4.69, 9.17) is 0 Å². The molecule has 1 heteroatoms. The number of hydrogen-bond acceptors (Lipinski definition) is 0. The Hall–Kier alpha value is 0.480. The van der Waals surface area contributed by atoms with Gasteiger partial charge in [-0.3, -0.25) is 0 Å². The molecular formula is C10H21Br. The van der Waals surface area contributed by atoms with E-state index in [1.807, 2.05) is 0 Å². The van der Waals surface area contributed by atoms with Gasteiger partial charge in [-0.2, -0.15) is 0 Å². The van der Waals surface area contributed by atoms with Crippen LogP contribution in [0.25, 0.3) is 0 Å². The van der Waals surface area contributed by atoms with Gasteiger partial charge in [0.05, 0.1) is 0 Å². The first-order valence-corrected chi connectivity index (χ1v) is 5.99. The SMILES string of the molecule is CCCCC[C@H](C)CCCBr. The van der Waals surface area contributed by atoms with Gasteiger partial charge in [-0.05, 0) is 18.8 Å². The zero-order valence-corrected chi connectivity index (χ0v) is 9.49. The first-order valence-electron chi connectivity index (χ1n) is 4.87. The van der Waals surface area contributed by atoms with Gasteiger partial charge in [0.25, 0.3) is 0 Å². The van der Waals surface area contributed by atoms with Crippen LogP contribution in [-0.4, -0.2) is 5.33 Å². The topological polar surface area (TPSA) is 0 Å². The van der Waals surface area contributed by atoms with Crippen LogP contribution in [0.4, 0.5) is 0 Å². The maximum atomic E-state index is 3.46. The van der Waals surface area contributed by atoms with Gasteiger partial charge in [-0.1, -0.05) is 55.5 Å². The first kappa shape index (κ1) is 11.5. The molecule has 0 aliphatic carbocycles. The highest BCUT2D eigenvalue weighted by molar-refractivity contribution is 9.09. The van der Waals surface area contributed by atoms with Gasteiger partial charge in [0, 0.05) is 5.33 Å². The average Bonchev–Trinajstić information content (AvgIpc) is 2.01. The van der Waals surface area contributed by atoms with E-state index in [2.05, 4.69) is 29.8 Å². The van der Waals surface area contributed by atoms with Crippen LogP contribution in [0.1, 0.15) is 52.4 Å². The summed E-state index contributed by atoms with van der Waals surface area (Å²) in [4.78, 5) is 0. The van der Waals surface area contributed by atoms with Gasteiger partial charge in [-0.25, -0.2) is 0 Å². The first-order chi connectivity index (χ1) is 5.31. The summed E-state index contributed by atoms with van der Waals surface area (Å²) in [7, 11) is 0. The molecule has 0 aromatic heterocycles. The van der Waals surface area contributed by atoms with Gasteiger partial charge in [0.1, 0.15) is 0 Å². The van der Waals surface area contributed by atoms with E-state index < -0.39 is 0 Å². The normalized spacial score (nSPS) is 13.4. The number of halogens is 1. The lowest BCUT2D eigenvalue weighted by Gasteiger charge is -2.08. The van der Waals surface area contributed by atoms with E-state index in [1.54, 1.807) is 0 Å². The maximum absolute atomic E-state index is 3.46. The maximum Gasteiger partial charge on any atom is 0.00314 e. The largest absolute Gasteiger partial charge is 0.0928 e. The minimum Gasteiger partial charge on any atom is -0.0928 e. The fourth-order valence-electron chi connectivity index (χ4n) is 1.31. The minimum absolute atomic E-state index is 0.944. The zero-order valence-electron chi connectivity index (χ0n) is 7.91. The Kier molecular flexibility index (Phi) is 8.95. The van der Waals surface area contributed by atoms with Gasteiger partial charge >= 0.3 is 0 Å². The number of rotatable bonds is 7. The Morgan fingerprint density at radius 1 is 1.09 bits per heavy atom. The molecule has 0 unspecified atom stereocenters. The third kappa shape index (κ3) is 8.39. The van der Waals surface area contributed by atoms with E-state index in [0.29, 0.717) is 0 Å². The monoisotopic (exact) mass is 220 g/mol. The van der Waals surface area contributed by atoms with Gasteiger partial charge < -0.3 is 0 Å². The van der Waals surface area contributed by atoms with Crippen molar-refractivity contribution in [3.05, 3.63) is 0 Å². The molecule has 0 saturated heterocycles. The second kappa shape index (κ2) is 8.58. The average molecular weight is 221 g/mol. The summed E-state index contributed by atoms with van der Waals surface area (Å²) in [5.41, 5.74) is 0. The van der Waals surface area contributed by atoms with Crippen LogP contribution in [0.5, 0.6) is 0 Å². The lowest BCUT2D eigenvalue weighted by molar-refractivity contribution is 0.461. The van der Waals surface area contributed by atoms with Gasteiger partial charge in [0.15, 0.2) is 0 Å². The van der Waals surface area contributed by atoms with Gasteiger partial charge in [0.2, 0.25) is 0 Å². The third-order valence-electron chi connectivity index (χ3n) is 2.13. The summed E-state index contributed by atoms with van der Waals surface area (Å²) in [6, 6.07) is 0. The summed E-state index contributed by atoms with van der Waals surface area (Å²) >= 11 is 3.46. The Morgan fingerprint density at radius 2 is 1.73 bits per heavy atom. The highest BCUT2D eigenvalue weighted by atomic mass is 79.9. The molecule has 0 bridgehead atoms. The van der Waals surface area contributed by atoms with Crippen LogP contribution in [0.15, 0.2) is 0 Å². The highest BCUT2D eigenvalue weighted by Gasteiger charge is 1.99. The molecule has 11 heavy (non-hydrogen) atoms. The van der Waals surface area contributed by atoms with Crippen LogP contribution < -0.4 is 0 Å². The van der Waals surface area contributed by atoms with E-state index in [1.165, 1.54) is 43.9 Å². The quantitative estimate of drug-likeness (QED) is 0.442. The van der Waals surface area contributed by atoms with Crippen LogP contribution >= 0.6 is 15.9 Å². The predicted octanol–water partition coefficient (Wildman–Crippen LogP) is 4.38. The fourth-order valence-corrected chi connectivity index (χ4v) is 1.64. The van der Waals surface area contributed by atoms with Crippen molar-refractivity contribution in [2.24, 2.45) is 5.92 Å². The van der Waals surface area contributed by atoms with Crippen molar-refractivity contribution < 1.29 is 0 Å². The zero-order chi connectivity index (χ0) is 8.53. The summed E-state index contributed by atoms with van der Waals surface area (Å²) < 4.78 is 0. The van der Waals surface area contributed by atoms with Crippen molar-refractivity contribution in [3.8, 4) is 0 Å². The van der Waals surface area contributed by atoms with Crippen LogP contribution in [0.3, 0.4) is 0 Å². The van der Waals surface area contributed by atoms with E-state index in [0.717, 1.165) is 5.92 Å². The van der Waals surface area contributed by atoms with Crippen LogP contribution in [0.2, 0.25) is 0 Å². The molecule has 0 aromatic rings. The molecule has 0 aromatic carbocycles. The van der Waals surface area contributed by atoms with Crippen molar-refractivity contribution in [1.82, 2.24) is 0 Å². The molecule has 0 aliphatic heterocycles. The number of alkyl halides is 1. The van der Waals surface area contributed by atoms with Crippen molar-refractivity contribution in [1.29, 1.82) is 0 Å². The Bertz CT molecular complexity index is 71.3. The van der Waals surface area contributed by atoms with Gasteiger partial charge in [-0.15, -0.1) is 0 Å². The Labute approximate surface area is 79.9 Å². The molecule has 0 radical (unpaired) electrons. The van der Waals surface area contributed by atoms with Crippen molar-refractivity contribution in [2.75, 3.05) is 5.33 Å². The molecule has 0 heterocycles. The van der Waals surface area contributed by atoms with Crippen molar-refractivity contribution in [3.63, 3.8) is 0 Å². The lowest BCUT2D eigenvalue weighted by Crippen LogP contribution is -1.94. The molecule has 0 spiro atoms. The standard InChI is InChI=1S/C10H21Br/c1-3-4-5-7-10(2)8-6-9-11/h10H,3-9H2,1-2H3/t10-/m0/s1. The van der Waals surface area contributed by atoms with E-state index in [9.17, 15) is 0 Å². The molecular weight excluding hydrogens is 200 g/mol. The molecule has 0 amide bonds. The smallest absolute Gasteiger partial charge is 0.00314 e. The minimum atomic E-state index is 0.944. The Balaban J connectivity index is 3.02. The molecule has 0 nitrogen and oxygen atoms in total. The third-order valence-corrected chi connectivity index (χ3v) is 2.69. The molecule has 0 fully saturated rings. The number of hydrogen-bond donors (Lipinski definition) is 0. The molecule has 0 aliphatic rings. The summed E-state index contributed by atoms with van der Waals surface area (Å²) in [5, 5.41) is 1.17. The predicted molar refractivity (Wildman–Crippen MR) is 56.3 cm³/mol. The molecule has 0 N–H and O–H groups in total. The van der Waals surface area contributed by atoms with E-state index in [-0.39, 0.29) is 0 Å².